The predicted molar refractivity (Wildman–Crippen MR) is 141 cm³/mol. The number of benzene rings is 1. The van der Waals surface area contributed by atoms with Gasteiger partial charge in [0.1, 0.15) is 5.75 Å². The third-order valence-electron chi connectivity index (χ3n) is 6.80. The molecule has 1 aromatic carbocycles. The lowest BCUT2D eigenvalue weighted by Crippen LogP contribution is -2.37. The molecule has 0 spiro atoms. The highest BCUT2D eigenvalue weighted by molar-refractivity contribution is 9.10. The first-order chi connectivity index (χ1) is 14.0. The van der Waals surface area contributed by atoms with Gasteiger partial charge in [0, 0.05) is 10.5 Å². The van der Waals surface area contributed by atoms with Crippen LogP contribution in [0.5, 0.6) is 5.75 Å². The molecule has 31 heavy (non-hydrogen) atoms. The van der Waals surface area contributed by atoms with E-state index in [1.54, 1.807) is 0 Å². The van der Waals surface area contributed by atoms with Crippen LogP contribution in [-0.4, -0.2) is 43.2 Å². The van der Waals surface area contributed by atoms with Crippen LogP contribution in [0.1, 0.15) is 71.3 Å². The van der Waals surface area contributed by atoms with Gasteiger partial charge in [0.2, 0.25) is 0 Å². The highest BCUT2D eigenvalue weighted by Gasteiger charge is 2.23. The minimum atomic E-state index is 0. The van der Waals surface area contributed by atoms with Gasteiger partial charge in [-0.1, -0.05) is 22.9 Å². The first-order valence-corrected chi connectivity index (χ1v) is 12.7. The van der Waals surface area contributed by atoms with Crippen LogP contribution in [0.4, 0.5) is 0 Å². The van der Waals surface area contributed by atoms with Crippen molar-refractivity contribution in [3.8, 4) is 5.75 Å². The largest absolute Gasteiger partial charge is 0.491 e. The minimum absolute atomic E-state index is 0. The van der Waals surface area contributed by atoms with Gasteiger partial charge >= 0.3 is 0 Å². The van der Waals surface area contributed by atoms with E-state index >= 15 is 0 Å². The number of likely N-dealkylation sites (tertiary alicyclic amines) is 1. The van der Waals surface area contributed by atoms with E-state index in [1.807, 2.05) is 0 Å². The number of hydrogen-bond acceptors (Lipinski definition) is 3. The molecule has 2 fully saturated rings. The van der Waals surface area contributed by atoms with Crippen molar-refractivity contribution in [1.29, 1.82) is 0 Å². The van der Waals surface area contributed by atoms with Crippen molar-refractivity contribution >= 4 is 40.7 Å². The zero-order chi connectivity index (χ0) is 20.6. The third-order valence-corrected chi connectivity index (χ3v) is 7.57. The van der Waals surface area contributed by atoms with Crippen molar-refractivity contribution in [3.63, 3.8) is 0 Å². The summed E-state index contributed by atoms with van der Waals surface area (Å²) >= 11 is 3.75. The van der Waals surface area contributed by atoms with E-state index in [0.717, 1.165) is 36.6 Å². The van der Waals surface area contributed by atoms with Gasteiger partial charge < -0.3 is 15.0 Å². The summed E-state index contributed by atoms with van der Waals surface area (Å²) in [7, 11) is 0. The number of nitrogens with one attached hydrogen (secondary N) is 1. The Hall–Kier alpha value is -0.000000000000000111. The molecular weight excluding hydrogens is 495 g/mol. The molecule has 1 saturated heterocycles. The Labute approximate surface area is 211 Å². The number of hydrogen-bond donors (Lipinski definition) is 1. The molecule has 3 rings (SSSR count). The maximum absolute atomic E-state index is 5.89. The van der Waals surface area contributed by atoms with Crippen LogP contribution < -0.4 is 10.1 Å². The lowest BCUT2D eigenvalue weighted by Gasteiger charge is -2.34. The number of nitrogens with zero attached hydrogens (tertiary/aromatic N) is 1. The predicted octanol–water partition coefficient (Wildman–Crippen LogP) is 6.89. The first-order valence-electron chi connectivity index (χ1n) is 11.9. The van der Waals surface area contributed by atoms with Gasteiger partial charge in [0.15, 0.2) is 0 Å². The van der Waals surface area contributed by atoms with Crippen molar-refractivity contribution < 1.29 is 4.74 Å². The van der Waals surface area contributed by atoms with Crippen LogP contribution in [0, 0.1) is 11.8 Å². The molecule has 1 saturated carbocycles. The van der Waals surface area contributed by atoms with Gasteiger partial charge in [-0.25, -0.2) is 0 Å². The van der Waals surface area contributed by atoms with Gasteiger partial charge in [-0.2, -0.15) is 0 Å². The minimum Gasteiger partial charge on any atom is -0.491 e. The van der Waals surface area contributed by atoms with Crippen molar-refractivity contribution in [1.82, 2.24) is 10.2 Å². The van der Waals surface area contributed by atoms with Gasteiger partial charge in [-0.15, -0.1) is 24.8 Å². The Morgan fingerprint density at radius 1 is 1.03 bits per heavy atom. The highest BCUT2D eigenvalue weighted by atomic mass is 79.9. The topological polar surface area (TPSA) is 24.5 Å². The molecule has 1 aromatic rings. The molecule has 3 nitrogen and oxygen atoms in total. The molecule has 6 heteroatoms. The Balaban J connectivity index is 0.00000240. The van der Waals surface area contributed by atoms with Crippen molar-refractivity contribution in [2.75, 3.05) is 26.2 Å². The summed E-state index contributed by atoms with van der Waals surface area (Å²) in [6.45, 7) is 11.4. The molecule has 1 aliphatic heterocycles. The molecular formula is C25H43BrCl2N2O. The average molecular weight is 538 g/mol. The number of ether oxygens (including phenoxy) is 1. The molecule has 0 amide bonds. The zero-order valence-corrected chi connectivity index (χ0v) is 22.8. The van der Waals surface area contributed by atoms with Crippen LogP contribution in [-0.2, 0) is 6.42 Å². The zero-order valence-electron chi connectivity index (χ0n) is 19.6. The highest BCUT2D eigenvalue weighted by Crippen LogP contribution is 2.30. The molecule has 0 aromatic heterocycles. The van der Waals surface area contributed by atoms with Gasteiger partial charge in [0.25, 0.3) is 0 Å². The normalized spacial score (nSPS) is 22.6. The third kappa shape index (κ3) is 9.80. The van der Waals surface area contributed by atoms with Crippen LogP contribution in [0.3, 0.4) is 0 Å². The fourth-order valence-corrected chi connectivity index (χ4v) is 5.50. The molecule has 0 unspecified atom stereocenters. The lowest BCUT2D eigenvalue weighted by molar-refractivity contribution is 0.163. The molecule has 1 heterocycles. The van der Waals surface area contributed by atoms with E-state index in [2.05, 4.69) is 65.1 Å². The van der Waals surface area contributed by atoms with E-state index in [-0.39, 0.29) is 30.9 Å². The van der Waals surface area contributed by atoms with Gasteiger partial charge in [-0.05, 0) is 127 Å². The summed E-state index contributed by atoms with van der Waals surface area (Å²) < 4.78 is 7.12. The Bertz CT molecular complexity index is 616. The van der Waals surface area contributed by atoms with E-state index in [1.165, 1.54) is 74.6 Å². The summed E-state index contributed by atoms with van der Waals surface area (Å²) in [6, 6.07) is 7.24. The smallest absolute Gasteiger partial charge is 0.120 e. The fraction of sp³-hybridized carbons (Fsp3) is 0.760. The molecule has 1 aliphatic carbocycles. The Kier molecular flexibility index (Phi) is 14.1. The van der Waals surface area contributed by atoms with Crippen molar-refractivity contribution in [3.05, 3.63) is 28.2 Å². The van der Waals surface area contributed by atoms with Crippen molar-refractivity contribution in [2.45, 2.75) is 84.3 Å². The van der Waals surface area contributed by atoms with Crippen LogP contribution in [0.25, 0.3) is 0 Å². The van der Waals surface area contributed by atoms with Gasteiger partial charge in [-0.3, -0.25) is 0 Å². The standard InChI is InChI=1S/C25H41BrN2O.2ClH/c1-4-27-23-7-5-20(6-8-23)11-14-28-15-12-21(13-16-28)17-22-18-24(29-19(2)3)9-10-25(22)26;;/h9-10,18-21,23,27H,4-8,11-17H2,1-3H3;2*1H. The van der Waals surface area contributed by atoms with Gasteiger partial charge in [0.05, 0.1) is 6.10 Å². The second-order valence-electron chi connectivity index (χ2n) is 9.47. The molecule has 1 N–H and O–H groups in total. The molecule has 180 valence electrons. The van der Waals surface area contributed by atoms with Crippen LogP contribution in [0.2, 0.25) is 0 Å². The average Bonchev–Trinajstić information content (AvgIpc) is 2.71. The Morgan fingerprint density at radius 2 is 1.71 bits per heavy atom. The Morgan fingerprint density at radius 3 is 2.32 bits per heavy atom. The van der Waals surface area contributed by atoms with Crippen LogP contribution in [0.15, 0.2) is 22.7 Å². The number of halogens is 3. The summed E-state index contributed by atoms with van der Waals surface area (Å²) in [6.07, 6.45) is 11.1. The lowest BCUT2D eigenvalue weighted by atomic mass is 9.83. The van der Waals surface area contributed by atoms with E-state index in [9.17, 15) is 0 Å². The monoisotopic (exact) mass is 536 g/mol. The fourth-order valence-electron chi connectivity index (χ4n) is 5.09. The molecule has 2 aliphatic rings. The second kappa shape index (κ2) is 15.0. The maximum atomic E-state index is 5.89. The first kappa shape index (κ1) is 29.0. The quantitative estimate of drug-likeness (QED) is 0.371. The summed E-state index contributed by atoms with van der Waals surface area (Å²) in [5.41, 5.74) is 1.40. The summed E-state index contributed by atoms with van der Waals surface area (Å²) in [4.78, 5) is 2.72. The SMILES string of the molecule is CCNC1CCC(CCN2CCC(Cc3cc(OC(C)C)ccc3Br)CC2)CC1.Cl.Cl. The maximum Gasteiger partial charge on any atom is 0.120 e. The molecule has 0 atom stereocenters. The van der Waals surface area contributed by atoms with Crippen LogP contribution >= 0.6 is 40.7 Å². The second-order valence-corrected chi connectivity index (χ2v) is 10.3. The number of rotatable bonds is 9. The number of piperidine rings is 1. The summed E-state index contributed by atoms with van der Waals surface area (Å²) in [5.74, 6) is 2.76. The van der Waals surface area contributed by atoms with E-state index < -0.39 is 0 Å². The summed E-state index contributed by atoms with van der Waals surface area (Å²) in [5, 5.41) is 3.63. The van der Waals surface area contributed by atoms with E-state index in [0.29, 0.717) is 0 Å². The van der Waals surface area contributed by atoms with E-state index in [4.69, 9.17) is 4.74 Å². The van der Waals surface area contributed by atoms with Crippen molar-refractivity contribution in [2.24, 2.45) is 11.8 Å². The molecule has 0 radical (unpaired) electrons. The molecule has 0 bridgehead atoms.